The van der Waals surface area contributed by atoms with Gasteiger partial charge in [0.1, 0.15) is 0 Å². The summed E-state index contributed by atoms with van der Waals surface area (Å²) >= 11 is 11.9. The van der Waals surface area contributed by atoms with Crippen molar-refractivity contribution < 1.29 is 8.42 Å². The molecule has 0 aliphatic carbocycles. The third kappa shape index (κ3) is 3.26. The van der Waals surface area contributed by atoms with Crippen LogP contribution in [0.5, 0.6) is 0 Å². The van der Waals surface area contributed by atoms with Gasteiger partial charge < -0.3 is 0 Å². The number of sulfonamides is 1. The zero-order valence-electron chi connectivity index (χ0n) is 10.9. The summed E-state index contributed by atoms with van der Waals surface area (Å²) in [6.45, 7) is 3.66. The van der Waals surface area contributed by atoms with Crippen LogP contribution in [0.2, 0.25) is 10.0 Å². The van der Waals surface area contributed by atoms with Crippen molar-refractivity contribution in [1.82, 2.24) is 0 Å². The number of hydrogen-bond donors (Lipinski definition) is 1. The minimum Gasteiger partial charge on any atom is -0.280 e. The Hall–Kier alpha value is -1.23. The maximum Gasteiger partial charge on any atom is 0.261 e. The Labute approximate surface area is 128 Å². The maximum absolute atomic E-state index is 12.2. The van der Waals surface area contributed by atoms with Gasteiger partial charge in [-0.05, 0) is 49.2 Å². The van der Waals surface area contributed by atoms with Crippen molar-refractivity contribution in [3.63, 3.8) is 0 Å². The summed E-state index contributed by atoms with van der Waals surface area (Å²) in [6, 6.07) is 9.59. The fraction of sp³-hybridized carbons (Fsp3) is 0.143. The second-order valence-corrected chi connectivity index (χ2v) is 6.98. The van der Waals surface area contributed by atoms with Crippen LogP contribution in [-0.4, -0.2) is 8.42 Å². The molecule has 2 aromatic rings. The molecule has 0 heterocycles. The van der Waals surface area contributed by atoms with Crippen molar-refractivity contribution >= 4 is 38.9 Å². The lowest BCUT2D eigenvalue weighted by molar-refractivity contribution is 0.601. The molecule has 0 aliphatic heterocycles. The molecule has 0 unspecified atom stereocenters. The fourth-order valence-corrected chi connectivity index (χ4v) is 3.11. The van der Waals surface area contributed by atoms with E-state index in [2.05, 4.69) is 4.72 Å². The number of anilines is 1. The molecule has 0 bridgehead atoms. The first-order valence-corrected chi connectivity index (χ1v) is 8.08. The minimum absolute atomic E-state index is 0.116. The van der Waals surface area contributed by atoms with Crippen molar-refractivity contribution in [3.8, 4) is 0 Å². The molecule has 0 radical (unpaired) electrons. The third-order valence-electron chi connectivity index (χ3n) is 2.88. The van der Waals surface area contributed by atoms with Crippen molar-refractivity contribution in [2.24, 2.45) is 0 Å². The number of hydrogen-bond acceptors (Lipinski definition) is 2. The molecular weight excluding hydrogens is 317 g/mol. The molecular formula is C14H13Cl2NO2S. The number of nitrogens with one attached hydrogen (secondary N) is 1. The smallest absolute Gasteiger partial charge is 0.261 e. The third-order valence-corrected chi connectivity index (χ3v) is 5.07. The molecule has 0 saturated carbocycles. The van der Waals surface area contributed by atoms with E-state index in [1.807, 2.05) is 13.8 Å². The summed E-state index contributed by atoms with van der Waals surface area (Å²) in [6.07, 6.45) is 0. The molecule has 2 rings (SSSR count). The first-order chi connectivity index (χ1) is 9.29. The highest BCUT2D eigenvalue weighted by molar-refractivity contribution is 7.92. The Morgan fingerprint density at radius 2 is 1.45 bits per heavy atom. The molecule has 2 aromatic carbocycles. The highest BCUT2D eigenvalue weighted by Gasteiger charge is 2.15. The van der Waals surface area contributed by atoms with Crippen LogP contribution in [0.25, 0.3) is 0 Å². The molecule has 0 aliphatic rings. The van der Waals surface area contributed by atoms with E-state index in [0.717, 1.165) is 11.1 Å². The Kier molecular flexibility index (Phi) is 4.28. The molecule has 106 valence electrons. The van der Waals surface area contributed by atoms with Crippen LogP contribution in [0.4, 0.5) is 5.69 Å². The fourth-order valence-electron chi connectivity index (χ4n) is 1.61. The highest BCUT2D eigenvalue weighted by Crippen LogP contribution is 2.24. The van der Waals surface area contributed by atoms with E-state index in [1.54, 1.807) is 24.3 Å². The summed E-state index contributed by atoms with van der Waals surface area (Å²) in [5.41, 5.74) is 2.12. The molecule has 20 heavy (non-hydrogen) atoms. The predicted octanol–water partition coefficient (Wildman–Crippen LogP) is 4.41. The second kappa shape index (κ2) is 5.64. The van der Waals surface area contributed by atoms with Gasteiger partial charge in [-0.25, -0.2) is 8.42 Å². The van der Waals surface area contributed by atoms with Crippen LogP contribution in [0.1, 0.15) is 11.1 Å². The number of rotatable bonds is 3. The summed E-state index contributed by atoms with van der Waals surface area (Å²) in [5, 5.41) is 0.918. The minimum atomic E-state index is -3.68. The molecule has 0 atom stereocenters. The SMILES string of the molecule is Cc1ccc(NS(=O)(=O)c2ccc(C)c(Cl)c2)cc1Cl. The predicted molar refractivity (Wildman–Crippen MR) is 83.2 cm³/mol. The maximum atomic E-state index is 12.2. The normalized spacial score (nSPS) is 11.4. The van der Waals surface area contributed by atoms with Gasteiger partial charge in [0.25, 0.3) is 10.0 Å². The standard InChI is InChI=1S/C14H13Cl2NO2S/c1-9-3-5-11(7-13(9)15)17-20(18,19)12-6-4-10(2)14(16)8-12/h3-8,17H,1-2H3. The Morgan fingerprint density at radius 1 is 0.900 bits per heavy atom. The van der Waals surface area contributed by atoms with Gasteiger partial charge in [-0.3, -0.25) is 4.72 Å². The van der Waals surface area contributed by atoms with Gasteiger partial charge in [-0.1, -0.05) is 35.3 Å². The van der Waals surface area contributed by atoms with E-state index in [-0.39, 0.29) is 4.90 Å². The van der Waals surface area contributed by atoms with Gasteiger partial charge in [0.05, 0.1) is 10.6 Å². The molecule has 3 nitrogen and oxygen atoms in total. The van der Waals surface area contributed by atoms with E-state index < -0.39 is 10.0 Å². The van der Waals surface area contributed by atoms with E-state index in [4.69, 9.17) is 23.2 Å². The van der Waals surface area contributed by atoms with E-state index >= 15 is 0 Å². The van der Waals surface area contributed by atoms with Gasteiger partial charge in [-0.15, -0.1) is 0 Å². The van der Waals surface area contributed by atoms with Crippen molar-refractivity contribution in [3.05, 3.63) is 57.6 Å². The molecule has 0 fully saturated rings. The molecule has 1 N–H and O–H groups in total. The summed E-state index contributed by atoms with van der Waals surface area (Å²) in [5.74, 6) is 0. The lowest BCUT2D eigenvalue weighted by Gasteiger charge is -2.10. The average molecular weight is 330 g/mol. The van der Waals surface area contributed by atoms with Crippen molar-refractivity contribution in [2.75, 3.05) is 4.72 Å². The summed E-state index contributed by atoms with van der Waals surface area (Å²) < 4.78 is 27.0. The van der Waals surface area contributed by atoms with Crippen LogP contribution < -0.4 is 4.72 Å². The van der Waals surface area contributed by atoms with Crippen LogP contribution in [0, 0.1) is 13.8 Å². The second-order valence-electron chi connectivity index (χ2n) is 4.48. The molecule has 0 aromatic heterocycles. The van der Waals surface area contributed by atoms with Crippen LogP contribution >= 0.6 is 23.2 Å². The molecule has 0 spiro atoms. The lowest BCUT2D eigenvalue weighted by Crippen LogP contribution is -2.13. The zero-order chi connectivity index (χ0) is 14.9. The first-order valence-electron chi connectivity index (χ1n) is 5.85. The Bertz CT molecular complexity index is 758. The molecule has 0 amide bonds. The monoisotopic (exact) mass is 329 g/mol. The lowest BCUT2D eigenvalue weighted by atomic mass is 10.2. The quantitative estimate of drug-likeness (QED) is 0.906. The summed E-state index contributed by atoms with van der Waals surface area (Å²) in [7, 11) is -3.68. The summed E-state index contributed by atoms with van der Waals surface area (Å²) in [4.78, 5) is 0.116. The van der Waals surface area contributed by atoms with Crippen LogP contribution in [0.15, 0.2) is 41.3 Å². The average Bonchev–Trinajstić information content (AvgIpc) is 2.37. The topological polar surface area (TPSA) is 46.2 Å². The molecule has 0 saturated heterocycles. The van der Waals surface area contributed by atoms with Crippen molar-refractivity contribution in [2.45, 2.75) is 18.7 Å². The van der Waals surface area contributed by atoms with Crippen LogP contribution in [0.3, 0.4) is 0 Å². The zero-order valence-corrected chi connectivity index (χ0v) is 13.3. The van der Waals surface area contributed by atoms with Gasteiger partial charge >= 0.3 is 0 Å². The number of benzene rings is 2. The largest absolute Gasteiger partial charge is 0.280 e. The van der Waals surface area contributed by atoms with E-state index in [1.165, 1.54) is 12.1 Å². The number of aryl methyl sites for hydroxylation is 2. The van der Waals surface area contributed by atoms with Gasteiger partial charge in [0.2, 0.25) is 0 Å². The van der Waals surface area contributed by atoms with E-state index in [0.29, 0.717) is 15.7 Å². The van der Waals surface area contributed by atoms with Crippen LogP contribution in [-0.2, 0) is 10.0 Å². The van der Waals surface area contributed by atoms with Gasteiger partial charge in [0.15, 0.2) is 0 Å². The Balaban J connectivity index is 2.35. The molecule has 6 heteroatoms. The van der Waals surface area contributed by atoms with Gasteiger partial charge in [-0.2, -0.15) is 0 Å². The highest BCUT2D eigenvalue weighted by atomic mass is 35.5. The number of halogens is 2. The van der Waals surface area contributed by atoms with Gasteiger partial charge in [0, 0.05) is 10.0 Å². The van der Waals surface area contributed by atoms with Crippen molar-refractivity contribution in [1.29, 1.82) is 0 Å². The Morgan fingerprint density at radius 3 is 2.00 bits per heavy atom. The first kappa shape index (κ1) is 15.2. The van der Waals surface area contributed by atoms with E-state index in [9.17, 15) is 8.42 Å².